The molecule has 1 aromatic heterocycles. The van der Waals surface area contributed by atoms with Crippen molar-refractivity contribution in [3.8, 4) is 5.75 Å². The number of hydrogen-bond acceptors (Lipinski definition) is 6. The summed E-state index contributed by atoms with van der Waals surface area (Å²) in [7, 11) is 1.59. The van der Waals surface area contributed by atoms with Crippen molar-refractivity contribution >= 4 is 29.1 Å². The van der Waals surface area contributed by atoms with Gasteiger partial charge < -0.3 is 15.0 Å². The number of aromatic nitrogens is 3. The third kappa shape index (κ3) is 3.70. The number of halogens is 1. The number of nitrogens with one attached hydrogen (secondary N) is 1. The normalized spacial score (nSPS) is 17.6. The molecule has 24 heavy (non-hydrogen) atoms. The van der Waals surface area contributed by atoms with Crippen molar-refractivity contribution in [1.29, 1.82) is 0 Å². The maximum absolute atomic E-state index is 6.16. The summed E-state index contributed by atoms with van der Waals surface area (Å²) in [6, 6.07) is 5.99. The number of hydrogen-bond donors (Lipinski definition) is 1. The summed E-state index contributed by atoms with van der Waals surface area (Å²) in [4.78, 5) is 6.97. The van der Waals surface area contributed by atoms with Crippen LogP contribution in [0.4, 0.5) is 17.5 Å². The van der Waals surface area contributed by atoms with Gasteiger partial charge in [-0.1, -0.05) is 18.5 Å². The zero-order valence-corrected chi connectivity index (χ0v) is 14.8. The second-order valence-electron chi connectivity index (χ2n) is 5.86. The van der Waals surface area contributed by atoms with Crippen molar-refractivity contribution < 1.29 is 4.74 Å². The van der Waals surface area contributed by atoms with Gasteiger partial charge in [0.05, 0.1) is 18.3 Å². The van der Waals surface area contributed by atoms with E-state index in [0.717, 1.165) is 24.5 Å². The summed E-state index contributed by atoms with van der Waals surface area (Å²) in [5, 5.41) is 11.9. The van der Waals surface area contributed by atoms with Gasteiger partial charge in [-0.2, -0.15) is 10.1 Å². The predicted octanol–water partition coefficient (Wildman–Crippen LogP) is 4.05. The maximum atomic E-state index is 6.16. The minimum Gasteiger partial charge on any atom is -0.495 e. The van der Waals surface area contributed by atoms with Gasteiger partial charge in [-0.25, -0.2) is 0 Å². The van der Waals surface area contributed by atoms with E-state index in [1.807, 2.05) is 6.07 Å². The molecule has 1 atom stereocenters. The lowest BCUT2D eigenvalue weighted by Gasteiger charge is -2.35. The highest BCUT2D eigenvalue weighted by Crippen LogP contribution is 2.29. The highest BCUT2D eigenvalue weighted by molar-refractivity contribution is 6.32. The number of anilines is 3. The fraction of sp³-hybridized carbons (Fsp3) is 0.471. The summed E-state index contributed by atoms with van der Waals surface area (Å²) in [6.45, 7) is 3.24. The van der Waals surface area contributed by atoms with Crippen LogP contribution in [0.3, 0.4) is 0 Å². The largest absolute Gasteiger partial charge is 0.495 e. The Bertz CT molecular complexity index is 696. The molecular formula is C17H22ClN5O. The average molecular weight is 348 g/mol. The van der Waals surface area contributed by atoms with Crippen LogP contribution in [-0.2, 0) is 0 Å². The fourth-order valence-electron chi connectivity index (χ4n) is 3.09. The number of rotatable bonds is 5. The van der Waals surface area contributed by atoms with Crippen LogP contribution in [0, 0.1) is 0 Å². The number of methoxy groups -OCH3 is 1. The summed E-state index contributed by atoms with van der Waals surface area (Å²) in [6.07, 6.45) is 6.53. The van der Waals surface area contributed by atoms with Crippen LogP contribution in [0.25, 0.3) is 0 Å². The molecular weight excluding hydrogens is 326 g/mol. The molecule has 0 amide bonds. The Hall–Kier alpha value is -2.08. The molecule has 1 N–H and O–H groups in total. The van der Waals surface area contributed by atoms with Crippen LogP contribution in [0.2, 0.25) is 5.02 Å². The monoisotopic (exact) mass is 347 g/mol. The molecule has 1 fully saturated rings. The molecule has 0 radical (unpaired) electrons. The molecule has 6 nitrogen and oxygen atoms in total. The van der Waals surface area contributed by atoms with Gasteiger partial charge in [-0.15, -0.1) is 5.10 Å². The summed E-state index contributed by atoms with van der Waals surface area (Å²) in [5.41, 5.74) is 0.797. The van der Waals surface area contributed by atoms with Crippen molar-refractivity contribution in [2.75, 3.05) is 23.9 Å². The zero-order valence-electron chi connectivity index (χ0n) is 14.0. The van der Waals surface area contributed by atoms with Crippen LogP contribution in [0.1, 0.15) is 32.6 Å². The Morgan fingerprint density at radius 1 is 1.38 bits per heavy atom. The topological polar surface area (TPSA) is 63.2 Å². The Morgan fingerprint density at radius 3 is 3.00 bits per heavy atom. The standard InChI is InChI=1S/C17H22ClN5O/c1-3-13-6-4-5-9-23(13)16-11-19-22-17(21-16)20-12-7-8-15(24-2)14(18)10-12/h7-8,10-11,13H,3-6,9H2,1-2H3,(H,20,21,22). The van der Waals surface area contributed by atoms with Gasteiger partial charge in [-0.3, -0.25) is 0 Å². The lowest BCUT2D eigenvalue weighted by Crippen LogP contribution is -2.39. The first-order valence-electron chi connectivity index (χ1n) is 8.28. The number of benzene rings is 1. The van der Waals surface area contributed by atoms with Gasteiger partial charge in [-0.05, 0) is 43.9 Å². The van der Waals surface area contributed by atoms with E-state index in [0.29, 0.717) is 22.8 Å². The Kier molecular flexibility index (Phi) is 5.35. The van der Waals surface area contributed by atoms with Crippen molar-refractivity contribution in [2.45, 2.75) is 38.6 Å². The van der Waals surface area contributed by atoms with E-state index in [9.17, 15) is 0 Å². The lowest BCUT2D eigenvalue weighted by molar-refractivity contribution is 0.415. The Labute approximate surface area is 147 Å². The van der Waals surface area contributed by atoms with Crippen molar-refractivity contribution in [3.63, 3.8) is 0 Å². The van der Waals surface area contributed by atoms with Crippen LogP contribution >= 0.6 is 11.6 Å². The van der Waals surface area contributed by atoms with E-state index < -0.39 is 0 Å². The predicted molar refractivity (Wildman–Crippen MR) is 96.4 cm³/mol. The van der Waals surface area contributed by atoms with E-state index in [2.05, 4.69) is 32.3 Å². The first-order valence-corrected chi connectivity index (χ1v) is 8.66. The number of nitrogens with zero attached hydrogens (tertiary/aromatic N) is 4. The average Bonchev–Trinajstić information content (AvgIpc) is 2.62. The molecule has 3 rings (SSSR count). The summed E-state index contributed by atoms with van der Waals surface area (Å²) in [5.74, 6) is 1.97. The molecule has 7 heteroatoms. The van der Waals surface area contributed by atoms with Crippen molar-refractivity contribution in [2.24, 2.45) is 0 Å². The van der Waals surface area contributed by atoms with E-state index in [4.69, 9.17) is 16.3 Å². The molecule has 0 spiro atoms. The SMILES string of the molecule is CCC1CCCCN1c1cnnc(Nc2ccc(OC)c(Cl)c2)n1. The van der Waals surface area contributed by atoms with E-state index >= 15 is 0 Å². The first-order chi connectivity index (χ1) is 11.7. The lowest BCUT2D eigenvalue weighted by atomic mass is 10.0. The van der Waals surface area contributed by atoms with Crippen LogP contribution in [0.5, 0.6) is 5.75 Å². The molecule has 128 valence electrons. The molecule has 1 aliphatic heterocycles. The minimum absolute atomic E-state index is 0.467. The van der Waals surface area contributed by atoms with E-state index in [-0.39, 0.29) is 0 Å². The third-order valence-corrected chi connectivity index (χ3v) is 4.64. The van der Waals surface area contributed by atoms with Crippen LogP contribution in [0.15, 0.2) is 24.4 Å². The first kappa shape index (κ1) is 16.8. The quantitative estimate of drug-likeness (QED) is 0.880. The van der Waals surface area contributed by atoms with E-state index in [1.54, 1.807) is 25.4 Å². The van der Waals surface area contributed by atoms with Crippen LogP contribution in [-0.4, -0.2) is 34.9 Å². The molecule has 0 bridgehead atoms. The minimum atomic E-state index is 0.467. The molecule has 1 saturated heterocycles. The Morgan fingerprint density at radius 2 is 2.25 bits per heavy atom. The molecule has 1 aromatic carbocycles. The van der Waals surface area contributed by atoms with Gasteiger partial charge in [0, 0.05) is 18.3 Å². The highest BCUT2D eigenvalue weighted by atomic mass is 35.5. The molecule has 2 heterocycles. The number of piperidine rings is 1. The smallest absolute Gasteiger partial charge is 0.249 e. The third-order valence-electron chi connectivity index (χ3n) is 4.35. The van der Waals surface area contributed by atoms with Crippen LogP contribution < -0.4 is 15.0 Å². The van der Waals surface area contributed by atoms with Gasteiger partial charge >= 0.3 is 0 Å². The molecule has 2 aromatic rings. The fourth-order valence-corrected chi connectivity index (χ4v) is 3.34. The molecule has 1 aliphatic rings. The number of ether oxygens (including phenoxy) is 1. The van der Waals surface area contributed by atoms with Gasteiger partial charge in [0.25, 0.3) is 0 Å². The Balaban J connectivity index is 1.79. The summed E-state index contributed by atoms with van der Waals surface area (Å²) >= 11 is 6.16. The second-order valence-corrected chi connectivity index (χ2v) is 6.27. The van der Waals surface area contributed by atoms with Crippen molar-refractivity contribution in [1.82, 2.24) is 15.2 Å². The highest BCUT2D eigenvalue weighted by Gasteiger charge is 2.22. The van der Waals surface area contributed by atoms with Gasteiger partial charge in [0.15, 0.2) is 5.82 Å². The zero-order chi connectivity index (χ0) is 16.9. The molecule has 1 unspecified atom stereocenters. The maximum Gasteiger partial charge on any atom is 0.249 e. The van der Waals surface area contributed by atoms with Crippen molar-refractivity contribution in [3.05, 3.63) is 29.4 Å². The van der Waals surface area contributed by atoms with Gasteiger partial charge in [0.2, 0.25) is 5.95 Å². The summed E-state index contributed by atoms with van der Waals surface area (Å²) < 4.78 is 5.16. The second kappa shape index (κ2) is 7.66. The van der Waals surface area contributed by atoms with Gasteiger partial charge in [0.1, 0.15) is 5.75 Å². The van der Waals surface area contributed by atoms with E-state index in [1.165, 1.54) is 19.3 Å². The molecule has 0 saturated carbocycles. The molecule has 0 aliphatic carbocycles.